The fraction of sp³-hybridized carbons (Fsp3) is 0.444. The number of hydrogen-bond donors (Lipinski definition) is 2. The first-order chi connectivity index (χ1) is 5.93. The van der Waals surface area contributed by atoms with Crippen molar-refractivity contribution in [2.75, 3.05) is 13.2 Å². The number of nitrogens with zero attached hydrogens (tertiary/aromatic N) is 1. The standard InChI is InChI=1S/C9H11N2O/c12-5-3-1-2-4-9-6-10-8-11-7-9/h6,12H,1,3,5,7H2,(H,10,11). The van der Waals surface area contributed by atoms with E-state index in [9.17, 15) is 0 Å². The van der Waals surface area contributed by atoms with Crippen molar-refractivity contribution < 1.29 is 5.11 Å². The minimum absolute atomic E-state index is 0.206. The van der Waals surface area contributed by atoms with Crippen LogP contribution in [0.2, 0.25) is 0 Å². The molecule has 0 fully saturated rings. The summed E-state index contributed by atoms with van der Waals surface area (Å²) < 4.78 is 0. The van der Waals surface area contributed by atoms with E-state index in [1.165, 1.54) is 0 Å². The Balaban J connectivity index is 2.31. The lowest BCUT2D eigenvalue weighted by molar-refractivity contribution is 0.290. The molecule has 63 valence electrons. The molecular weight excluding hydrogens is 152 g/mol. The van der Waals surface area contributed by atoms with Gasteiger partial charge in [0.15, 0.2) is 6.34 Å². The summed E-state index contributed by atoms with van der Waals surface area (Å²) in [5.74, 6) is 5.91. The third-order valence-corrected chi connectivity index (χ3v) is 1.35. The third-order valence-electron chi connectivity index (χ3n) is 1.35. The molecule has 1 radical (unpaired) electrons. The molecule has 0 aromatic heterocycles. The van der Waals surface area contributed by atoms with E-state index in [2.05, 4.69) is 28.5 Å². The highest BCUT2D eigenvalue weighted by atomic mass is 16.2. The zero-order chi connectivity index (χ0) is 8.65. The number of aliphatic hydroxyl groups excluding tert-OH is 1. The number of unbranched alkanes of at least 4 members (excludes halogenated alkanes) is 1. The summed E-state index contributed by atoms with van der Waals surface area (Å²) in [7, 11) is 0. The fourth-order valence-electron chi connectivity index (χ4n) is 0.756. The van der Waals surface area contributed by atoms with Crippen molar-refractivity contribution in [3.05, 3.63) is 11.8 Å². The highest BCUT2D eigenvalue weighted by Crippen LogP contribution is 1.94. The van der Waals surface area contributed by atoms with E-state index >= 15 is 0 Å². The average Bonchev–Trinajstić information content (AvgIpc) is 2.14. The molecule has 3 heteroatoms. The number of aliphatic imine (C=N–C) groups is 1. The van der Waals surface area contributed by atoms with Gasteiger partial charge in [-0.3, -0.25) is 0 Å². The summed E-state index contributed by atoms with van der Waals surface area (Å²) in [5, 5.41) is 11.3. The Morgan fingerprint density at radius 3 is 3.33 bits per heavy atom. The maximum atomic E-state index is 8.48. The zero-order valence-corrected chi connectivity index (χ0v) is 6.80. The molecule has 1 aliphatic rings. The van der Waals surface area contributed by atoms with E-state index in [0.29, 0.717) is 6.54 Å². The predicted octanol–water partition coefficient (Wildman–Crippen LogP) is 0.155. The Hall–Kier alpha value is -1.27. The lowest BCUT2D eigenvalue weighted by atomic mass is 10.2. The molecule has 0 spiro atoms. The van der Waals surface area contributed by atoms with Crippen LogP contribution in [0.15, 0.2) is 16.8 Å². The van der Waals surface area contributed by atoms with Gasteiger partial charge in [0.1, 0.15) is 0 Å². The van der Waals surface area contributed by atoms with Crippen molar-refractivity contribution in [1.29, 1.82) is 0 Å². The summed E-state index contributed by atoms with van der Waals surface area (Å²) in [4.78, 5) is 3.78. The van der Waals surface area contributed by atoms with E-state index in [-0.39, 0.29) is 6.61 Å². The van der Waals surface area contributed by atoms with Crippen LogP contribution in [0, 0.1) is 11.8 Å². The van der Waals surface area contributed by atoms with Gasteiger partial charge in [-0.1, -0.05) is 11.8 Å². The molecule has 0 atom stereocenters. The van der Waals surface area contributed by atoms with Gasteiger partial charge in [0.05, 0.1) is 6.54 Å². The minimum atomic E-state index is 0.206. The maximum absolute atomic E-state index is 8.48. The number of rotatable bonds is 2. The van der Waals surface area contributed by atoms with E-state index in [1.54, 1.807) is 6.20 Å². The summed E-state index contributed by atoms with van der Waals surface area (Å²) in [6.07, 6.45) is 5.78. The second-order valence-electron chi connectivity index (χ2n) is 2.38. The van der Waals surface area contributed by atoms with Crippen LogP contribution >= 0.6 is 0 Å². The highest BCUT2D eigenvalue weighted by molar-refractivity contribution is 5.59. The number of aliphatic hydroxyl groups is 1. The minimum Gasteiger partial charge on any atom is -0.396 e. The van der Waals surface area contributed by atoms with Crippen LogP contribution in [-0.4, -0.2) is 24.6 Å². The van der Waals surface area contributed by atoms with Crippen molar-refractivity contribution in [3.63, 3.8) is 0 Å². The summed E-state index contributed by atoms with van der Waals surface area (Å²) in [6.45, 7) is 0.910. The van der Waals surface area contributed by atoms with Crippen molar-refractivity contribution in [2.24, 2.45) is 4.99 Å². The van der Waals surface area contributed by atoms with Crippen LogP contribution in [0.1, 0.15) is 12.8 Å². The summed E-state index contributed by atoms with van der Waals surface area (Å²) in [6, 6.07) is 0. The Kier molecular flexibility index (Phi) is 3.96. The first kappa shape index (κ1) is 8.82. The van der Waals surface area contributed by atoms with Gasteiger partial charge in [0.2, 0.25) is 0 Å². The molecule has 3 nitrogen and oxygen atoms in total. The largest absolute Gasteiger partial charge is 0.396 e. The average molecular weight is 163 g/mol. The van der Waals surface area contributed by atoms with Gasteiger partial charge in [-0.25, -0.2) is 4.99 Å². The van der Waals surface area contributed by atoms with Gasteiger partial charge < -0.3 is 10.4 Å². The Morgan fingerprint density at radius 2 is 2.67 bits per heavy atom. The van der Waals surface area contributed by atoms with Gasteiger partial charge in [-0.2, -0.15) is 0 Å². The molecule has 0 saturated heterocycles. The molecule has 0 aromatic carbocycles. The van der Waals surface area contributed by atoms with Gasteiger partial charge in [0, 0.05) is 24.8 Å². The highest BCUT2D eigenvalue weighted by Gasteiger charge is 1.93. The first-order valence-electron chi connectivity index (χ1n) is 3.90. The van der Waals surface area contributed by atoms with Crippen LogP contribution in [0.4, 0.5) is 0 Å². The van der Waals surface area contributed by atoms with Crippen molar-refractivity contribution in [3.8, 4) is 11.8 Å². The van der Waals surface area contributed by atoms with E-state index in [4.69, 9.17) is 5.11 Å². The van der Waals surface area contributed by atoms with Crippen LogP contribution in [-0.2, 0) is 0 Å². The molecule has 0 bridgehead atoms. The molecule has 2 N–H and O–H groups in total. The van der Waals surface area contributed by atoms with E-state index in [1.807, 2.05) is 0 Å². The van der Waals surface area contributed by atoms with Crippen molar-refractivity contribution in [2.45, 2.75) is 12.8 Å². The molecule has 0 aromatic rings. The summed E-state index contributed by atoms with van der Waals surface area (Å²) >= 11 is 0. The van der Waals surface area contributed by atoms with Crippen LogP contribution < -0.4 is 5.32 Å². The topological polar surface area (TPSA) is 44.6 Å². The SMILES string of the molecule is OCCCC#CC1=CN=[C]NC1. The quantitative estimate of drug-likeness (QED) is 0.449. The molecule has 1 aliphatic heterocycles. The molecular formula is C9H11N2O. The second-order valence-corrected chi connectivity index (χ2v) is 2.38. The monoisotopic (exact) mass is 163 g/mol. The second kappa shape index (κ2) is 5.39. The molecule has 0 unspecified atom stereocenters. The lowest BCUT2D eigenvalue weighted by Gasteiger charge is -2.00. The van der Waals surface area contributed by atoms with Crippen LogP contribution in [0.3, 0.4) is 0 Å². The fourth-order valence-corrected chi connectivity index (χ4v) is 0.756. The van der Waals surface area contributed by atoms with E-state index < -0.39 is 0 Å². The molecule has 0 saturated carbocycles. The Morgan fingerprint density at radius 1 is 1.75 bits per heavy atom. The van der Waals surface area contributed by atoms with Gasteiger partial charge in [-0.15, -0.1) is 0 Å². The molecule has 0 aliphatic carbocycles. The number of nitrogens with one attached hydrogen (secondary N) is 1. The van der Waals surface area contributed by atoms with Gasteiger partial charge >= 0.3 is 0 Å². The van der Waals surface area contributed by atoms with Crippen molar-refractivity contribution >= 4 is 6.34 Å². The lowest BCUT2D eigenvalue weighted by Crippen LogP contribution is -2.16. The third kappa shape index (κ3) is 3.22. The van der Waals surface area contributed by atoms with Crippen LogP contribution in [0.25, 0.3) is 0 Å². The predicted molar refractivity (Wildman–Crippen MR) is 47.6 cm³/mol. The van der Waals surface area contributed by atoms with Crippen LogP contribution in [0.5, 0.6) is 0 Å². The Labute approximate surface area is 72.2 Å². The van der Waals surface area contributed by atoms with E-state index in [0.717, 1.165) is 18.4 Å². The molecule has 12 heavy (non-hydrogen) atoms. The smallest absolute Gasteiger partial charge is 0.169 e. The molecule has 0 amide bonds. The maximum Gasteiger partial charge on any atom is 0.169 e. The normalized spacial score (nSPS) is 14.2. The first-order valence-corrected chi connectivity index (χ1v) is 3.90. The van der Waals surface area contributed by atoms with Gasteiger partial charge in [0.25, 0.3) is 0 Å². The zero-order valence-electron chi connectivity index (χ0n) is 6.80. The number of hydrogen-bond acceptors (Lipinski definition) is 3. The summed E-state index contributed by atoms with van der Waals surface area (Å²) in [5.41, 5.74) is 0.965. The molecule has 1 rings (SSSR count). The molecule has 1 heterocycles. The van der Waals surface area contributed by atoms with Crippen molar-refractivity contribution in [1.82, 2.24) is 5.32 Å². The Bertz CT molecular complexity index is 245. The van der Waals surface area contributed by atoms with Gasteiger partial charge in [-0.05, 0) is 6.42 Å².